The molecule has 0 unspecified atom stereocenters. The zero-order chi connectivity index (χ0) is 26.3. The van der Waals surface area contributed by atoms with Crippen LogP contribution in [0.15, 0.2) is 36.4 Å². The molecule has 0 saturated heterocycles. The normalized spacial score (nSPS) is 12.2. The molecule has 2 aromatic carbocycles. The van der Waals surface area contributed by atoms with Crippen LogP contribution in [-0.4, -0.2) is 50.5 Å². The second-order valence-electron chi connectivity index (χ2n) is 7.85. The monoisotopic (exact) mass is 581 g/mol. The molecule has 2 amide bonds. The maximum Gasteiger partial charge on any atom is 0.244 e. The van der Waals surface area contributed by atoms with Gasteiger partial charge in [-0.25, -0.2) is 8.42 Å². The zero-order valence-corrected chi connectivity index (χ0v) is 23.4. The highest BCUT2D eigenvalue weighted by atomic mass is 35.5. The molecule has 192 valence electrons. The smallest absolute Gasteiger partial charge is 0.244 e. The van der Waals surface area contributed by atoms with Crippen LogP contribution >= 0.6 is 46.4 Å². The van der Waals surface area contributed by atoms with Crippen molar-refractivity contribution in [3.8, 4) is 0 Å². The summed E-state index contributed by atoms with van der Waals surface area (Å²) in [5, 5.41) is 3.57. The van der Waals surface area contributed by atoms with Crippen molar-refractivity contribution in [2.45, 2.75) is 39.3 Å². The fourth-order valence-corrected chi connectivity index (χ4v) is 5.04. The summed E-state index contributed by atoms with van der Waals surface area (Å²) in [4.78, 5) is 27.9. The average Bonchev–Trinajstić information content (AvgIpc) is 2.79. The Balaban J connectivity index is 2.48. The van der Waals surface area contributed by atoms with Crippen LogP contribution in [-0.2, 0) is 26.2 Å². The lowest BCUT2D eigenvalue weighted by Gasteiger charge is -2.33. The highest BCUT2D eigenvalue weighted by molar-refractivity contribution is 7.92. The molecule has 0 heterocycles. The van der Waals surface area contributed by atoms with Gasteiger partial charge in [0.15, 0.2) is 0 Å². The van der Waals surface area contributed by atoms with Crippen molar-refractivity contribution in [3.05, 3.63) is 62.1 Å². The average molecular weight is 583 g/mol. The number of sulfonamides is 1. The highest BCUT2D eigenvalue weighted by Gasteiger charge is 2.32. The molecule has 0 aliphatic carbocycles. The van der Waals surface area contributed by atoms with Crippen LogP contribution in [0.3, 0.4) is 0 Å². The van der Waals surface area contributed by atoms with Gasteiger partial charge < -0.3 is 10.2 Å². The first kappa shape index (κ1) is 29.5. The largest absolute Gasteiger partial charge is 0.354 e. The van der Waals surface area contributed by atoms with Gasteiger partial charge in [0.1, 0.15) is 12.6 Å². The molecule has 0 aliphatic heterocycles. The number of carbonyl (C=O) groups is 2. The van der Waals surface area contributed by atoms with Gasteiger partial charge in [-0.15, -0.1) is 0 Å². The third-order valence-corrected chi connectivity index (χ3v) is 7.54. The Hall–Kier alpha value is -1.71. The molecular weight excluding hydrogens is 556 g/mol. The fourth-order valence-electron chi connectivity index (χ4n) is 3.37. The molecule has 0 aromatic heterocycles. The van der Waals surface area contributed by atoms with E-state index in [4.69, 9.17) is 46.4 Å². The first-order chi connectivity index (χ1) is 16.4. The Morgan fingerprint density at radius 2 is 1.57 bits per heavy atom. The summed E-state index contributed by atoms with van der Waals surface area (Å²) in [6.45, 7) is 3.63. The lowest BCUT2D eigenvalue weighted by molar-refractivity contribution is -0.140. The van der Waals surface area contributed by atoms with Gasteiger partial charge in [-0.05, 0) is 42.7 Å². The number of anilines is 1. The number of rotatable bonds is 11. The van der Waals surface area contributed by atoms with Gasteiger partial charge in [-0.1, -0.05) is 72.4 Å². The highest BCUT2D eigenvalue weighted by Crippen LogP contribution is 2.35. The van der Waals surface area contributed by atoms with Crippen LogP contribution in [0.25, 0.3) is 0 Å². The Morgan fingerprint density at radius 3 is 2.11 bits per heavy atom. The predicted octanol–water partition coefficient (Wildman–Crippen LogP) is 5.40. The summed E-state index contributed by atoms with van der Waals surface area (Å²) >= 11 is 24.3. The van der Waals surface area contributed by atoms with E-state index >= 15 is 0 Å². The number of halogens is 4. The van der Waals surface area contributed by atoms with Gasteiger partial charge in [0.2, 0.25) is 21.8 Å². The minimum absolute atomic E-state index is 0.00634. The van der Waals surface area contributed by atoms with Gasteiger partial charge >= 0.3 is 0 Å². The van der Waals surface area contributed by atoms with E-state index in [1.807, 2.05) is 6.92 Å². The molecule has 1 atom stereocenters. The SMILES string of the molecule is CCCNC(=O)[C@@H](CC)N(Cc1ccc(Cl)cc1)C(=O)CN(c1cc(Cl)c(Cl)cc1Cl)S(C)(=O)=O. The van der Waals surface area contributed by atoms with Crippen molar-refractivity contribution < 1.29 is 18.0 Å². The minimum Gasteiger partial charge on any atom is -0.354 e. The molecule has 12 heteroatoms. The second-order valence-corrected chi connectivity index (χ2v) is 11.4. The molecule has 0 bridgehead atoms. The number of nitrogens with zero attached hydrogens (tertiary/aromatic N) is 2. The molecule has 0 radical (unpaired) electrons. The van der Waals surface area contributed by atoms with Crippen molar-refractivity contribution >= 4 is 73.9 Å². The quantitative estimate of drug-likeness (QED) is 0.359. The summed E-state index contributed by atoms with van der Waals surface area (Å²) in [7, 11) is -3.96. The summed E-state index contributed by atoms with van der Waals surface area (Å²) < 4.78 is 26.2. The molecule has 0 saturated carbocycles. The van der Waals surface area contributed by atoms with Crippen molar-refractivity contribution in [2.75, 3.05) is 23.7 Å². The van der Waals surface area contributed by atoms with Crippen LogP contribution < -0.4 is 9.62 Å². The number of benzene rings is 2. The van der Waals surface area contributed by atoms with Crippen molar-refractivity contribution in [1.29, 1.82) is 0 Å². The topological polar surface area (TPSA) is 86.8 Å². The maximum absolute atomic E-state index is 13.6. The predicted molar refractivity (Wildman–Crippen MR) is 143 cm³/mol. The zero-order valence-electron chi connectivity index (χ0n) is 19.5. The Kier molecular flexibility index (Phi) is 11.0. The van der Waals surface area contributed by atoms with Crippen LogP contribution in [0.4, 0.5) is 5.69 Å². The first-order valence-corrected chi connectivity index (χ1v) is 14.2. The molecular formula is C23H27Cl4N3O4S. The van der Waals surface area contributed by atoms with Gasteiger partial charge in [-0.3, -0.25) is 13.9 Å². The Morgan fingerprint density at radius 1 is 0.971 bits per heavy atom. The van der Waals surface area contributed by atoms with E-state index in [0.717, 1.165) is 22.5 Å². The number of nitrogens with one attached hydrogen (secondary N) is 1. The number of hydrogen-bond acceptors (Lipinski definition) is 4. The van der Waals surface area contributed by atoms with Crippen LogP contribution in [0.1, 0.15) is 32.3 Å². The first-order valence-electron chi connectivity index (χ1n) is 10.8. The molecule has 35 heavy (non-hydrogen) atoms. The van der Waals surface area contributed by atoms with Gasteiger partial charge in [0, 0.05) is 18.1 Å². The standard InChI is InChI=1S/C23H27Cl4N3O4S/c1-4-10-28-23(32)20(5-2)29(13-15-6-8-16(24)9-7-15)22(31)14-30(35(3,33)34)21-12-18(26)17(25)11-19(21)27/h6-9,11-12,20H,4-5,10,13-14H2,1-3H3,(H,28,32)/t20-/m1/s1. The number of carbonyl (C=O) groups excluding carboxylic acids is 2. The lowest BCUT2D eigenvalue weighted by Crippen LogP contribution is -2.52. The third kappa shape index (κ3) is 8.15. The van der Waals surface area contributed by atoms with Crippen LogP contribution in [0.2, 0.25) is 20.1 Å². The Labute approximate surface area is 226 Å². The van der Waals surface area contributed by atoms with E-state index in [2.05, 4.69) is 5.32 Å². The summed E-state index contributed by atoms with van der Waals surface area (Å²) in [6, 6.07) is 8.60. The third-order valence-electron chi connectivity index (χ3n) is 5.14. The molecule has 0 fully saturated rings. The van der Waals surface area contributed by atoms with E-state index in [1.165, 1.54) is 17.0 Å². The fraction of sp³-hybridized carbons (Fsp3) is 0.391. The summed E-state index contributed by atoms with van der Waals surface area (Å²) in [5.41, 5.74) is 0.731. The van der Waals surface area contributed by atoms with Crippen molar-refractivity contribution in [1.82, 2.24) is 10.2 Å². The van der Waals surface area contributed by atoms with Crippen LogP contribution in [0.5, 0.6) is 0 Å². The number of amides is 2. The molecule has 2 aromatic rings. The Bertz CT molecular complexity index is 1160. The van der Waals surface area contributed by atoms with Gasteiger partial charge in [0.05, 0.1) is 27.0 Å². The lowest BCUT2D eigenvalue weighted by atomic mass is 10.1. The molecule has 1 N–H and O–H groups in total. The second kappa shape index (κ2) is 13.0. The van der Waals surface area contributed by atoms with Crippen molar-refractivity contribution in [2.24, 2.45) is 0 Å². The van der Waals surface area contributed by atoms with Crippen LogP contribution in [0, 0.1) is 0 Å². The van der Waals surface area contributed by atoms with E-state index < -0.39 is 28.5 Å². The van der Waals surface area contributed by atoms with E-state index in [0.29, 0.717) is 18.0 Å². The maximum atomic E-state index is 13.6. The number of hydrogen-bond donors (Lipinski definition) is 1. The molecule has 0 aliphatic rings. The van der Waals surface area contributed by atoms with Gasteiger partial charge in [-0.2, -0.15) is 0 Å². The molecule has 0 spiro atoms. The summed E-state index contributed by atoms with van der Waals surface area (Å²) in [5.74, 6) is -0.916. The van der Waals surface area contributed by atoms with Crippen molar-refractivity contribution in [3.63, 3.8) is 0 Å². The molecule has 2 rings (SSSR count). The summed E-state index contributed by atoms with van der Waals surface area (Å²) in [6.07, 6.45) is 2.00. The van der Waals surface area contributed by atoms with E-state index in [1.54, 1.807) is 31.2 Å². The van der Waals surface area contributed by atoms with E-state index in [9.17, 15) is 18.0 Å². The van der Waals surface area contributed by atoms with Gasteiger partial charge in [0.25, 0.3) is 0 Å². The van der Waals surface area contributed by atoms with E-state index in [-0.39, 0.29) is 33.2 Å². The minimum atomic E-state index is -3.96. The molecule has 7 nitrogen and oxygen atoms in total.